The molecule has 0 saturated carbocycles. The van der Waals surface area contributed by atoms with Crippen molar-refractivity contribution in [2.45, 2.75) is 13.3 Å². The summed E-state index contributed by atoms with van der Waals surface area (Å²) in [4.78, 5) is 15.7. The van der Waals surface area contributed by atoms with Crippen LogP contribution in [-0.4, -0.2) is 16.6 Å². The molecule has 1 heterocycles. The Bertz CT molecular complexity index is 522. The highest BCUT2D eigenvalue weighted by Crippen LogP contribution is 2.26. The standard InChI is InChI=1S/C11H12N2OS2/c1-7-2-3-8-9(6-7)16-11(12-8)13-10(14)4-5-15/h2-3,6,15H,4-5H2,1H3,(H,12,13,14). The van der Waals surface area contributed by atoms with Gasteiger partial charge in [-0.3, -0.25) is 4.79 Å². The summed E-state index contributed by atoms with van der Waals surface area (Å²) in [5.41, 5.74) is 2.13. The zero-order chi connectivity index (χ0) is 11.5. The molecule has 0 saturated heterocycles. The van der Waals surface area contributed by atoms with E-state index in [4.69, 9.17) is 0 Å². The zero-order valence-corrected chi connectivity index (χ0v) is 10.6. The first-order chi connectivity index (χ1) is 7.69. The fourth-order valence-electron chi connectivity index (χ4n) is 1.37. The highest BCUT2D eigenvalue weighted by molar-refractivity contribution is 7.80. The van der Waals surface area contributed by atoms with Crippen molar-refractivity contribution in [3.63, 3.8) is 0 Å². The number of thiazole rings is 1. The Morgan fingerprint density at radius 1 is 1.56 bits per heavy atom. The Labute approximate surface area is 103 Å². The van der Waals surface area contributed by atoms with Crippen LogP contribution in [0.15, 0.2) is 18.2 Å². The second kappa shape index (κ2) is 4.84. The average Bonchev–Trinajstić information content (AvgIpc) is 2.59. The summed E-state index contributed by atoms with van der Waals surface area (Å²) in [5, 5.41) is 3.43. The second-order valence-electron chi connectivity index (χ2n) is 3.51. The summed E-state index contributed by atoms with van der Waals surface area (Å²) in [5.74, 6) is 0.515. The molecule has 1 amide bonds. The predicted molar refractivity (Wildman–Crippen MR) is 71.5 cm³/mol. The lowest BCUT2D eigenvalue weighted by Gasteiger charge is -1.97. The second-order valence-corrected chi connectivity index (χ2v) is 4.99. The molecule has 5 heteroatoms. The number of aryl methyl sites for hydroxylation is 1. The van der Waals surface area contributed by atoms with Gasteiger partial charge in [-0.15, -0.1) is 0 Å². The lowest BCUT2D eigenvalue weighted by atomic mass is 10.2. The molecule has 0 fully saturated rings. The van der Waals surface area contributed by atoms with Gasteiger partial charge in [0, 0.05) is 6.42 Å². The molecule has 0 radical (unpaired) electrons. The van der Waals surface area contributed by atoms with E-state index in [9.17, 15) is 4.79 Å². The molecule has 0 atom stereocenters. The van der Waals surface area contributed by atoms with E-state index in [-0.39, 0.29) is 5.91 Å². The van der Waals surface area contributed by atoms with E-state index in [0.717, 1.165) is 10.2 Å². The van der Waals surface area contributed by atoms with Crippen LogP contribution in [0, 0.1) is 6.92 Å². The van der Waals surface area contributed by atoms with Crippen molar-refractivity contribution < 1.29 is 4.79 Å². The minimum Gasteiger partial charge on any atom is -0.302 e. The Morgan fingerprint density at radius 2 is 2.38 bits per heavy atom. The molecule has 84 valence electrons. The number of anilines is 1. The van der Waals surface area contributed by atoms with Gasteiger partial charge in [-0.1, -0.05) is 17.4 Å². The summed E-state index contributed by atoms with van der Waals surface area (Å²) in [6.07, 6.45) is 0.415. The summed E-state index contributed by atoms with van der Waals surface area (Å²) in [7, 11) is 0. The molecular formula is C11H12N2OS2. The molecule has 1 aromatic heterocycles. The van der Waals surface area contributed by atoms with E-state index in [1.165, 1.54) is 16.9 Å². The van der Waals surface area contributed by atoms with E-state index in [1.807, 2.05) is 19.1 Å². The summed E-state index contributed by atoms with van der Waals surface area (Å²) < 4.78 is 1.10. The summed E-state index contributed by atoms with van der Waals surface area (Å²) >= 11 is 5.51. The van der Waals surface area contributed by atoms with E-state index >= 15 is 0 Å². The lowest BCUT2D eigenvalue weighted by molar-refractivity contribution is -0.115. The Morgan fingerprint density at radius 3 is 3.12 bits per heavy atom. The number of thiol groups is 1. The number of nitrogens with one attached hydrogen (secondary N) is 1. The molecule has 0 aliphatic carbocycles. The Hall–Kier alpha value is -1.07. The van der Waals surface area contributed by atoms with E-state index in [2.05, 4.69) is 29.0 Å². The van der Waals surface area contributed by atoms with Crippen molar-refractivity contribution >= 4 is 45.2 Å². The number of rotatable bonds is 3. The maximum absolute atomic E-state index is 11.4. The molecule has 0 unspecified atom stereocenters. The highest BCUT2D eigenvalue weighted by Gasteiger charge is 2.06. The third-order valence-corrected chi connectivity index (χ3v) is 3.29. The van der Waals surface area contributed by atoms with Gasteiger partial charge in [0.1, 0.15) is 0 Å². The number of hydrogen-bond acceptors (Lipinski definition) is 4. The van der Waals surface area contributed by atoms with Gasteiger partial charge in [0.2, 0.25) is 5.91 Å². The van der Waals surface area contributed by atoms with Crippen LogP contribution >= 0.6 is 24.0 Å². The first-order valence-corrected chi connectivity index (χ1v) is 6.42. The number of carbonyl (C=O) groups excluding carboxylic acids is 1. The molecular weight excluding hydrogens is 240 g/mol. The van der Waals surface area contributed by atoms with Crippen LogP contribution in [0.5, 0.6) is 0 Å². The molecule has 0 bridgehead atoms. The number of benzene rings is 1. The van der Waals surface area contributed by atoms with Gasteiger partial charge < -0.3 is 5.32 Å². The molecule has 1 N–H and O–H groups in total. The molecule has 0 spiro atoms. The van der Waals surface area contributed by atoms with Gasteiger partial charge in [0.15, 0.2) is 5.13 Å². The molecule has 2 rings (SSSR count). The number of carbonyl (C=O) groups is 1. The van der Waals surface area contributed by atoms with Crippen LogP contribution in [0.25, 0.3) is 10.2 Å². The summed E-state index contributed by atoms with van der Waals surface area (Å²) in [6, 6.07) is 6.05. The van der Waals surface area contributed by atoms with Crippen molar-refractivity contribution in [3.8, 4) is 0 Å². The SMILES string of the molecule is Cc1ccc2nc(NC(=O)CCS)sc2c1. The maximum Gasteiger partial charge on any atom is 0.226 e. The topological polar surface area (TPSA) is 42.0 Å². The minimum absolute atomic E-state index is 0.0363. The van der Waals surface area contributed by atoms with Gasteiger partial charge in [-0.05, 0) is 30.4 Å². The molecule has 16 heavy (non-hydrogen) atoms. The lowest BCUT2D eigenvalue weighted by Crippen LogP contribution is -2.11. The fraction of sp³-hybridized carbons (Fsp3) is 0.273. The zero-order valence-electron chi connectivity index (χ0n) is 8.86. The van der Waals surface area contributed by atoms with Crippen LogP contribution in [0.3, 0.4) is 0 Å². The van der Waals surface area contributed by atoms with E-state index in [0.29, 0.717) is 17.3 Å². The first kappa shape index (κ1) is 11.4. The Balaban J connectivity index is 2.23. The van der Waals surface area contributed by atoms with E-state index in [1.54, 1.807) is 0 Å². The summed E-state index contributed by atoms with van der Waals surface area (Å²) in [6.45, 7) is 2.04. The van der Waals surface area contributed by atoms with Crippen LogP contribution in [0.4, 0.5) is 5.13 Å². The van der Waals surface area contributed by atoms with Crippen molar-refractivity contribution in [1.29, 1.82) is 0 Å². The van der Waals surface area contributed by atoms with Gasteiger partial charge in [0.05, 0.1) is 10.2 Å². The predicted octanol–water partition coefficient (Wildman–Crippen LogP) is 2.86. The number of nitrogens with zero attached hydrogens (tertiary/aromatic N) is 1. The number of amides is 1. The quantitative estimate of drug-likeness (QED) is 0.825. The molecule has 1 aromatic carbocycles. The average molecular weight is 252 g/mol. The van der Waals surface area contributed by atoms with Gasteiger partial charge in [-0.2, -0.15) is 12.6 Å². The molecule has 2 aromatic rings. The van der Waals surface area contributed by atoms with Gasteiger partial charge >= 0.3 is 0 Å². The number of hydrogen-bond donors (Lipinski definition) is 2. The number of aromatic nitrogens is 1. The molecule has 0 aliphatic rings. The Kier molecular flexibility index (Phi) is 3.46. The van der Waals surface area contributed by atoms with Crippen LogP contribution in [0.2, 0.25) is 0 Å². The van der Waals surface area contributed by atoms with Gasteiger partial charge in [0.25, 0.3) is 0 Å². The van der Waals surface area contributed by atoms with Crippen LogP contribution in [-0.2, 0) is 4.79 Å². The van der Waals surface area contributed by atoms with Crippen molar-refractivity contribution in [3.05, 3.63) is 23.8 Å². The van der Waals surface area contributed by atoms with Gasteiger partial charge in [-0.25, -0.2) is 4.98 Å². The highest BCUT2D eigenvalue weighted by atomic mass is 32.1. The van der Waals surface area contributed by atoms with Crippen molar-refractivity contribution in [2.75, 3.05) is 11.1 Å². The maximum atomic E-state index is 11.4. The van der Waals surface area contributed by atoms with Crippen molar-refractivity contribution in [1.82, 2.24) is 4.98 Å². The first-order valence-electron chi connectivity index (χ1n) is 4.97. The smallest absolute Gasteiger partial charge is 0.226 e. The van der Waals surface area contributed by atoms with Crippen molar-refractivity contribution in [2.24, 2.45) is 0 Å². The number of fused-ring (bicyclic) bond motifs is 1. The molecule has 3 nitrogen and oxygen atoms in total. The van der Waals surface area contributed by atoms with Crippen LogP contribution < -0.4 is 5.32 Å². The monoisotopic (exact) mass is 252 g/mol. The van der Waals surface area contributed by atoms with E-state index < -0.39 is 0 Å². The third-order valence-electron chi connectivity index (χ3n) is 2.13. The fourth-order valence-corrected chi connectivity index (χ4v) is 2.55. The largest absolute Gasteiger partial charge is 0.302 e. The minimum atomic E-state index is -0.0363. The normalized spacial score (nSPS) is 10.6. The van der Waals surface area contributed by atoms with Crippen LogP contribution in [0.1, 0.15) is 12.0 Å². The molecule has 0 aliphatic heterocycles. The third kappa shape index (κ3) is 2.54.